The van der Waals surface area contributed by atoms with Crippen molar-refractivity contribution < 1.29 is 9.90 Å². The lowest BCUT2D eigenvalue weighted by Gasteiger charge is -2.40. The minimum Gasteiger partial charge on any atom is -0.508 e. The van der Waals surface area contributed by atoms with E-state index in [-0.39, 0.29) is 17.7 Å². The van der Waals surface area contributed by atoms with Gasteiger partial charge in [-0.2, -0.15) is 5.10 Å². The van der Waals surface area contributed by atoms with Gasteiger partial charge in [0.25, 0.3) is 5.91 Å². The van der Waals surface area contributed by atoms with Crippen molar-refractivity contribution in [1.29, 1.82) is 0 Å². The van der Waals surface area contributed by atoms with Crippen molar-refractivity contribution in [2.24, 2.45) is 0 Å². The SMILES string of the molecule is Cc1n[nH]c2nc(-c3ccc(O)cc3)cc(C(=O)N3CCN(C)CC3c3ccccc3)c12. The molecule has 1 fully saturated rings. The molecule has 1 saturated heterocycles. The second-order valence-corrected chi connectivity index (χ2v) is 8.32. The first-order chi connectivity index (χ1) is 15.5. The number of aromatic amines is 1. The van der Waals surface area contributed by atoms with Crippen LogP contribution in [0.25, 0.3) is 22.3 Å². The molecule has 1 aliphatic rings. The van der Waals surface area contributed by atoms with Gasteiger partial charge in [-0.05, 0) is 49.9 Å². The van der Waals surface area contributed by atoms with Crippen LogP contribution < -0.4 is 0 Å². The standard InChI is InChI=1S/C25H25N5O2/c1-16-23-20(14-21(26-24(23)28-27-16)17-8-10-19(31)11-9-17)25(32)30-13-12-29(2)15-22(30)18-6-4-3-5-7-18/h3-11,14,22,31H,12-13,15H2,1-2H3,(H,26,27,28). The third kappa shape index (κ3) is 3.61. The van der Waals surface area contributed by atoms with Gasteiger partial charge in [0.2, 0.25) is 0 Å². The van der Waals surface area contributed by atoms with Crippen LogP contribution >= 0.6 is 0 Å². The van der Waals surface area contributed by atoms with Gasteiger partial charge in [-0.3, -0.25) is 9.89 Å². The highest BCUT2D eigenvalue weighted by molar-refractivity contribution is 6.07. The summed E-state index contributed by atoms with van der Waals surface area (Å²) in [5.41, 5.74) is 4.54. The van der Waals surface area contributed by atoms with Crippen molar-refractivity contribution in [3.05, 3.63) is 77.5 Å². The number of aryl methyl sites for hydroxylation is 1. The Kier molecular flexibility index (Phi) is 5.11. The first-order valence-corrected chi connectivity index (χ1v) is 10.7. The molecular weight excluding hydrogens is 402 g/mol. The Morgan fingerprint density at radius 2 is 1.84 bits per heavy atom. The van der Waals surface area contributed by atoms with E-state index >= 15 is 0 Å². The van der Waals surface area contributed by atoms with E-state index in [1.807, 2.05) is 36.1 Å². The van der Waals surface area contributed by atoms with E-state index in [9.17, 15) is 9.90 Å². The lowest BCUT2D eigenvalue weighted by molar-refractivity contribution is 0.0500. The molecular formula is C25H25N5O2. The van der Waals surface area contributed by atoms with Crippen LogP contribution in [0.4, 0.5) is 0 Å². The number of benzene rings is 2. The smallest absolute Gasteiger partial charge is 0.255 e. The number of aromatic hydroxyl groups is 1. The molecule has 1 aliphatic heterocycles. The topological polar surface area (TPSA) is 85.3 Å². The largest absolute Gasteiger partial charge is 0.508 e. The molecule has 32 heavy (non-hydrogen) atoms. The van der Waals surface area contributed by atoms with E-state index in [2.05, 4.69) is 34.3 Å². The monoisotopic (exact) mass is 427 g/mol. The highest BCUT2D eigenvalue weighted by atomic mass is 16.3. The van der Waals surface area contributed by atoms with Gasteiger partial charge in [-0.15, -0.1) is 0 Å². The van der Waals surface area contributed by atoms with Crippen molar-refractivity contribution in [1.82, 2.24) is 25.0 Å². The number of phenolic OH excluding ortho intramolecular Hbond substituents is 1. The zero-order chi connectivity index (χ0) is 22.2. The number of nitrogens with zero attached hydrogens (tertiary/aromatic N) is 4. The van der Waals surface area contributed by atoms with E-state index in [1.165, 1.54) is 0 Å². The number of hydrogen-bond acceptors (Lipinski definition) is 5. The summed E-state index contributed by atoms with van der Waals surface area (Å²) in [6.07, 6.45) is 0. The van der Waals surface area contributed by atoms with Gasteiger partial charge in [0, 0.05) is 25.2 Å². The number of piperazine rings is 1. The molecule has 0 bridgehead atoms. The van der Waals surface area contributed by atoms with Gasteiger partial charge in [0.15, 0.2) is 5.65 Å². The van der Waals surface area contributed by atoms with E-state index in [4.69, 9.17) is 4.98 Å². The second-order valence-electron chi connectivity index (χ2n) is 8.32. The van der Waals surface area contributed by atoms with Crippen LogP contribution in [-0.2, 0) is 0 Å². The van der Waals surface area contributed by atoms with Crippen LogP contribution in [0.1, 0.15) is 27.7 Å². The molecule has 2 aromatic heterocycles. The lowest BCUT2D eigenvalue weighted by Crippen LogP contribution is -2.49. The van der Waals surface area contributed by atoms with Crippen LogP contribution in [0, 0.1) is 6.92 Å². The molecule has 0 radical (unpaired) electrons. The Morgan fingerprint density at radius 1 is 1.09 bits per heavy atom. The molecule has 1 atom stereocenters. The average Bonchev–Trinajstić information content (AvgIpc) is 3.20. The molecule has 2 aromatic carbocycles. The number of hydrogen-bond donors (Lipinski definition) is 2. The maximum absolute atomic E-state index is 14.0. The van der Waals surface area contributed by atoms with Crippen molar-refractivity contribution in [2.45, 2.75) is 13.0 Å². The summed E-state index contributed by atoms with van der Waals surface area (Å²) >= 11 is 0. The predicted octanol–water partition coefficient (Wildman–Crippen LogP) is 3.77. The number of amides is 1. The number of pyridine rings is 1. The van der Waals surface area contributed by atoms with Crippen molar-refractivity contribution in [2.75, 3.05) is 26.7 Å². The zero-order valence-electron chi connectivity index (χ0n) is 18.1. The van der Waals surface area contributed by atoms with Crippen LogP contribution in [0.3, 0.4) is 0 Å². The van der Waals surface area contributed by atoms with E-state index < -0.39 is 0 Å². The summed E-state index contributed by atoms with van der Waals surface area (Å²) in [5, 5.41) is 17.7. The first-order valence-electron chi connectivity index (χ1n) is 10.7. The zero-order valence-corrected chi connectivity index (χ0v) is 18.1. The summed E-state index contributed by atoms with van der Waals surface area (Å²) in [4.78, 5) is 22.9. The van der Waals surface area contributed by atoms with Gasteiger partial charge >= 0.3 is 0 Å². The highest BCUT2D eigenvalue weighted by Gasteiger charge is 2.32. The number of aromatic nitrogens is 3. The number of fused-ring (bicyclic) bond motifs is 1. The number of nitrogens with one attached hydrogen (secondary N) is 1. The molecule has 7 nitrogen and oxygen atoms in total. The molecule has 0 spiro atoms. The van der Waals surface area contributed by atoms with E-state index in [0.29, 0.717) is 23.4 Å². The third-order valence-electron chi connectivity index (χ3n) is 6.13. The molecule has 3 heterocycles. The maximum atomic E-state index is 14.0. The Bertz CT molecular complexity index is 1270. The summed E-state index contributed by atoms with van der Waals surface area (Å²) in [7, 11) is 2.09. The molecule has 7 heteroatoms. The molecule has 0 aliphatic carbocycles. The summed E-state index contributed by atoms with van der Waals surface area (Å²) in [5.74, 6) is 0.163. The Hall–Kier alpha value is -3.71. The molecule has 2 N–H and O–H groups in total. The normalized spacial score (nSPS) is 17.1. The number of phenols is 1. The van der Waals surface area contributed by atoms with Gasteiger partial charge in [-0.1, -0.05) is 30.3 Å². The fraction of sp³-hybridized carbons (Fsp3) is 0.240. The predicted molar refractivity (Wildman–Crippen MR) is 123 cm³/mol. The fourth-order valence-electron chi connectivity index (χ4n) is 4.41. The molecule has 1 unspecified atom stereocenters. The molecule has 4 aromatic rings. The number of rotatable bonds is 3. The Morgan fingerprint density at radius 3 is 2.59 bits per heavy atom. The Balaban J connectivity index is 1.61. The number of carbonyl (C=O) groups excluding carboxylic acids is 1. The minimum atomic E-state index is -0.0324. The van der Waals surface area contributed by atoms with Crippen LogP contribution in [0.2, 0.25) is 0 Å². The van der Waals surface area contributed by atoms with Crippen molar-refractivity contribution in [3.63, 3.8) is 0 Å². The van der Waals surface area contributed by atoms with Crippen molar-refractivity contribution in [3.8, 4) is 17.0 Å². The van der Waals surface area contributed by atoms with Gasteiger partial charge < -0.3 is 14.9 Å². The fourth-order valence-corrected chi connectivity index (χ4v) is 4.41. The highest BCUT2D eigenvalue weighted by Crippen LogP contribution is 2.31. The van der Waals surface area contributed by atoms with Gasteiger partial charge in [0.05, 0.1) is 28.4 Å². The molecule has 1 amide bonds. The maximum Gasteiger partial charge on any atom is 0.255 e. The summed E-state index contributed by atoms with van der Waals surface area (Å²) in [6.45, 7) is 4.12. The Labute approximate surface area is 186 Å². The van der Waals surface area contributed by atoms with Crippen LogP contribution in [0.15, 0.2) is 60.7 Å². The second kappa shape index (κ2) is 8.09. The lowest BCUT2D eigenvalue weighted by atomic mass is 9.99. The number of H-pyrrole nitrogens is 1. The van der Waals surface area contributed by atoms with E-state index in [0.717, 1.165) is 35.3 Å². The van der Waals surface area contributed by atoms with Crippen LogP contribution in [-0.4, -0.2) is 62.7 Å². The molecule has 162 valence electrons. The average molecular weight is 428 g/mol. The van der Waals surface area contributed by atoms with Gasteiger partial charge in [0.1, 0.15) is 5.75 Å². The number of likely N-dealkylation sites (N-methyl/N-ethyl adjacent to an activating group) is 1. The van der Waals surface area contributed by atoms with Gasteiger partial charge in [-0.25, -0.2) is 4.98 Å². The van der Waals surface area contributed by atoms with Crippen LogP contribution in [0.5, 0.6) is 5.75 Å². The first kappa shape index (κ1) is 20.2. The summed E-state index contributed by atoms with van der Waals surface area (Å²) in [6, 6.07) is 18.8. The third-order valence-corrected chi connectivity index (χ3v) is 6.13. The molecule has 5 rings (SSSR count). The van der Waals surface area contributed by atoms with E-state index in [1.54, 1.807) is 24.3 Å². The van der Waals surface area contributed by atoms with Crippen molar-refractivity contribution >= 4 is 16.9 Å². The number of carbonyl (C=O) groups is 1. The molecule has 0 saturated carbocycles. The minimum absolute atomic E-state index is 0.0242. The summed E-state index contributed by atoms with van der Waals surface area (Å²) < 4.78 is 0. The quantitative estimate of drug-likeness (QED) is 0.520.